The van der Waals surface area contributed by atoms with Crippen LogP contribution in [0.5, 0.6) is 17.2 Å². The molecule has 0 atom stereocenters. The summed E-state index contributed by atoms with van der Waals surface area (Å²) in [5.74, 6) is -0.471. The van der Waals surface area contributed by atoms with Gasteiger partial charge in [0.1, 0.15) is 17.2 Å². The number of hydrogen-bond donors (Lipinski definition) is 0. The van der Waals surface area contributed by atoms with Crippen molar-refractivity contribution >= 4 is 23.9 Å². The first-order valence-electron chi connectivity index (χ1n) is 13.9. The van der Waals surface area contributed by atoms with Crippen molar-refractivity contribution in [1.29, 1.82) is 0 Å². The average Bonchev–Trinajstić information content (AvgIpc) is 3.05. The van der Waals surface area contributed by atoms with Crippen molar-refractivity contribution < 1.29 is 47.6 Å². The number of hydrogen-bond acceptors (Lipinski definition) is 10. The van der Waals surface area contributed by atoms with Gasteiger partial charge in [0.25, 0.3) is 0 Å². The molecule has 0 aliphatic heterocycles. The molecule has 0 aliphatic rings. The van der Waals surface area contributed by atoms with E-state index in [-0.39, 0.29) is 25.6 Å². The molecular weight excluding hydrogens is 568 g/mol. The smallest absolute Gasteiger partial charge is 0.343 e. The fourth-order valence-electron chi connectivity index (χ4n) is 3.57. The summed E-state index contributed by atoms with van der Waals surface area (Å²) in [4.78, 5) is 47.0. The van der Waals surface area contributed by atoms with E-state index in [1.165, 1.54) is 24.3 Å². The fourth-order valence-corrected chi connectivity index (χ4v) is 3.57. The number of ether oxygens (including phenoxy) is 6. The first-order chi connectivity index (χ1) is 21.4. The van der Waals surface area contributed by atoms with Gasteiger partial charge in [-0.15, -0.1) is 0 Å². The normalized spacial score (nSPS) is 10.2. The van der Waals surface area contributed by atoms with E-state index in [1.807, 2.05) is 24.3 Å². The molecule has 0 aromatic heterocycles. The number of carbonyl (C=O) groups is 4. The van der Waals surface area contributed by atoms with Gasteiger partial charge < -0.3 is 28.4 Å². The van der Waals surface area contributed by atoms with E-state index in [0.29, 0.717) is 55.1 Å². The molecule has 0 spiro atoms. The second-order valence-electron chi connectivity index (χ2n) is 9.12. The van der Waals surface area contributed by atoms with Gasteiger partial charge in [0, 0.05) is 31.4 Å². The lowest BCUT2D eigenvalue weighted by Crippen LogP contribution is -2.10. The van der Waals surface area contributed by atoms with Gasteiger partial charge in [-0.1, -0.05) is 25.3 Å². The number of benzene rings is 3. The van der Waals surface area contributed by atoms with Crippen LogP contribution in [0.1, 0.15) is 39.1 Å². The molecule has 3 aromatic rings. The van der Waals surface area contributed by atoms with Crippen LogP contribution in [0.25, 0.3) is 0 Å². The minimum Gasteiger partial charge on any atom is -0.493 e. The molecule has 44 heavy (non-hydrogen) atoms. The number of carbonyl (C=O) groups excluding carboxylic acids is 4. The van der Waals surface area contributed by atoms with Crippen LogP contribution >= 0.6 is 0 Å². The van der Waals surface area contributed by atoms with Crippen LogP contribution < -0.4 is 14.2 Å². The van der Waals surface area contributed by atoms with Crippen molar-refractivity contribution in [2.45, 2.75) is 19.3 Å². The Morgan fingerprint density at radius 1 is 0.523 bits per heavy atom. The molecule has 0 amide bonds. The van der Waals surface area contributed by atoms with Crippen molar-refractivity contribution in [3.8, 4) is 17.2 Å². The maximum absolute atomic E-state index is 12.5. The predicted octanol–water partition coefficient (Wildman–Crippen LogP) is 5.30. The quantitative estimate of drug-likeness (QED) is 0.0623. The lowest BCUT2D eigenvalue weighted by atomic mass is 10.1. The lowest BCUT2D eigenvalue weighted by Gasteiger charge is -2.09. The number of esters is 4. The molecule has 0 fully saturated rings. The van der Waals surface area contributed by atoms with E-state index in [0.717, 1.165) is 17.7 Å². The molecule has 0 bridgehead atoms. The van der Waals surface area contributed by atoms with Crippen LogP contribution in [0, 0.1) is 0 Å². The molecule has 0 aliphatic carbocycles. The Labute approximate surface area is 255 Å². The van der Waals surface area contributed by atoms with Gasteiger partial charge in [-0.25, -0.2) is 19.2 Å². The van der Waals surface area contributed by atoms with Crippen molar-refractivity contribution in [3.05, 3.63) is 115 Å². The topological polar surface area (TPSA) is 124 Å². The molecule has 10 heteroatoms. The van der Waals surface area contributed by atoms with Gasteiger partial charge in [-0.2, -0.15) is 0 Å². The molecule has 0 saturated heterocycles. The van der Waals surface area contributed by atoms with E-state index in [4.69, 9.17) is 28.4 Å². The van der Waals surface area contributed by atoms with Crippen LogP contribution in [-0.2, 0) is 30.2 Å². The average molecular weight is 603 g/mol. The SMILES string of the molecule is C=CC(=O)OCCCOc1ccc(CCOC(=O)c2ccc(OC(=O)c3ccc(OCCCOC(=O)C=C)cc3)cc2)cc1. The molecule has 0 N–H and O–H groups in total. The Kier molecular flexibility index (Phi) is 13.7. The van der Waals surface area contributed by atoms with E-state index in [1.54, 1.807) is 24.3 Å². The highest BCUT2D eigenvalue weighted by molar-refractivity contribution is 5.92. The van der Waals surface area contributed by atoms with Gasteiger partial charge in [0.2, 0.25) is 0 Å². The predicted molar refractivity (Wildman–Crippen MR) is 161 cm³/mol. The summed E-state index contributed by atoms with van der Waals surface area (Å²) < 4.78 is 31.7. The molecule has 0 radical (unpaired) electrons. The van der Waals surface area contributed by atoms with Crippen molar-refractivity contribution in [1.82, 2.24) is 0 Å². The maximum Gasteiger partial charge on any atom is 0.343 e. The Morgan fingerprint density at radius 3 is 1.48 bits per heavy atom. The van der Waals surface area contributed by atoms with Crippen LogP contribution in [0.3, 0.4) is 0 Å². The summed E-state index contributed by atoms with van der Waals surface area (Å²) in [6.45, 7) is 8.07. The summed E-state index contributed by atoms with van der Waals surface area (Å²) in [6, 6.07) is 20.0. The molecule has 10 nitrogen and oxygen atoms in total. The second kappa shape index (κ2) is 18.2. The summed E-state index contributed by atoms with van der Waals surface area (Å²) in [5.41, 5.74) is 1.62. The van der Waals surface area contributed by atoms with E-state index < -0.39 is 23.9 Å². The van der Waals surface area contributed by atoms with Crippen molar-refractivity contribution in [2.75, 3.05) is 33.0 Å². The maximum atomic E-state index is 12.5. The molecule has 3 aromatic carbocycles. The fraction of sp³-hybridized carbons (Fsp3) is 0.235. The summed E-state index contributed by atoms with van der Waals surface area (Å²) in [7, 11) is 0. The second-order valence-corrected chi connectivity index (χ2v) is 9.12. The van der Waals surface area contributed by atoms with Gasteiger partial charge in [0.05, 0.1) is 44.2 Å². The van der Waals surface area contributed by atoms with Gasteiger partial charge >= 0.3 is 23.9 Å². The zero-order valence-corrected chi connectivity index (χ0v) is 24.2. The largest absolute Gasteiger partial charge is 0.493 e. The molecule has 3 rings (SSSR count). The lowest BCUT2D eigenvalue weighted by molar-refractivity contribution is -0.138. The molecule has 0 unspecified atom stereocenters. The standard InChI is InChI=1S/C34H34O10/c1-3-31(35)41-22-5-20-39-28-13-7-25(8-14-28)19-24-43-33(37)26-11-17-30(18-12-26)44-34(38)27-9-15-29(16-10-27)40-21-6-23-42-32(36)4-2/h3-4,7-18H,1-2,5-6,19-24H2. The first-order valence-corrected chi connectivity index (χ1v) is 13.9. The minimum absolute atomic E-state index is 0.187. The third kappa shape index (κ3) is 11.8. The van der Waals surface area contributed by atoms with Crippen LogP contribution in [0.2, 0.25) is 0 Å². The van der Waals surface area contributed by atoms with Gasteiger partial charge in [-0.05, 0) is 66.2 Å². The third-order valence-electron chi connectivity index (χ3n) is 5.87. The van der Waals surface area contributed by atoms with Gasteiger partial charge in [0.15, 0.2) is 0 Å². The van der Waals surface area contributed by atoms with Crippen LogP contribution in [0.15, 0.2) is 98.1 Å². The van der Waals surface area contributed by atoms with Gasteiger partial charge in [-0.3, -0.25) is 0 Å². The minimum atomic E-state index is -0.561. The molecular formula is C34H34O10. The van der Waals surface area contributed by atoms with Crippen molar-refractivity contribution in [3.63, 3.8) is 0 Å². The first kappa shape index (κ1) is 33.1. The highest BCUT2D eigenvalue weighted by Gasteiger charge is 2.12. The van der Waals surface area contributed by atoms with E-state index >= 15 is 0 Å². The molecule has 0 heterocycles. The summed E-state index contributed by atoms with van der Waals surface area (Å²) >= 11 is 0. The van der Waals surface area contributed by atoms with Crippen LogP contribution in [0.4, 0.5) is 0 Å². The van der Waals surface area contributed by atoms with E-state index in [9.17, 15) is 19.2 Å². The Morgan fingerprint density at radius 2 is 0.977 bits per heavy atom. The highest BCUT2D eigenvalue weighted by atomic mass is 16.5. The summed E-state index contributed by atoms with van der Waals surface area (Å²) in [6.07, 6.45) is 3.81. The number of rotatable bonds is 18. The Hall–Kier alpha value is -5.38. The van der Waals surface area contributed by atoms with E-state index in [2.05, 4.69) is 13.2 Å². The summed E-state index contributed by atoms with van der Waals surface area (Å²) in [5, 5.41) is 0. The monoisotopic (exact) mass is 602 g/mol. The zero-order valence-electron chi connectivity index (χ0n) is 24.2. The Bertz CT molecular complexity index is 1390. The molecule has 230 valence electrons. The van der Waals surface area contributed by atoms with Crippen LogP contribution in [-0.4, -0.2) is 56.9 Å². The zero-order chi connectivity index (χ0) is 31.6. The Balaban J connectivity index is 1.34. The van der Waals surface area contributed by atoms with Crippen molar-refractivity contribution in [2.24, 2.45) is 0 Å². The molecule has 0 saturated carbocycles. The highest BCUT2D eigenvalue weighted by Crippen LogP contribution is 2.18. The third-order valence-corrected chi connectivity index (χ3v) is 5.87.